The first-order chi connectivity index (χ1) is 15.7. The number of ether oxygens (including phenoxy) is 1. The van der Waals surface area contributed by atoms with Crippen LogP contribution in [0.3, 0.4) is 0 Å². The molecule has 0 spiro atoms. The molecule has 0 bridgehead atoms. The number of hydrogen-bond donors (Lipinski definition) is 2. The quantitative estimate of drug-likeness (QED) is 0.514. The molecule has 0 amide bonds. The lowest BCUT2D eigenvalue weighted by molar-refractivity contribution is -0.142. The molecule has 3 rings (SSSR count). The molecule has 2 N–H and O–H groups in total. The van der Waals surface area contributed by atoms with Gasteiger partial charge >= 0.3 is 18.3 Å². The van der Waals surface area contributed by atoms with Gasteiger partial charge in [0.25, 0.3) is 0 Å². The van der Waals surface area contributed by atoms with Crippen LogP contribution in [0, 0.1) is 0 Å². The van der Waals surface area contributed by atoms with E-state index in [4.69, 9.17) is 9.84 Å². The maximum absolute atomic E-state index is 14.9. The van der Waals surface area contributed by atoms with Gasteiger partial charge < -0.3 is 14.9 Å². The molecule has 0 unspecified atom stereocenters. The van der Waals surface area contributed by atoms with Crippen LogP contribution < -0.4 is 4.74 Å². The van der Waals surface area contributed by atoms with E-state index in [-0.39, 0.29) is 24.4 Å². The van der Waals surface area contributed by atoms with Crippen molar-refractivity contribution in [1.82, 2.24) is 4.90 Å². The van der Waals surface area contributed by atoms with E-state index in [1.807, 2.05) is 0 Å². The van der Waals surface area contributed by atoms with Gasteiger partial charge in [-0.1, -0.05) is 12.1 Å². The van der Waals surface area contributed by atoms with E-state index < -0.39 is 66.4 Å². The number of carbonyl (C=O) groups is 1. The van der Waals surface area contributed by atoms with Crippen LogP contribution in [-0.4, -0.2) is 46.4 Å². The standard InChI is InChI=1S/C22H20F7NO4/c23-20(12-34-16-3-1-2-13(7-16)18(31)8-19(32)33)10-30(11-20)9-14-6-15(21(24,25)26)4-5-17(14)22(27,28)29/h1-7,18,31H,8-12H2,(H,32,33)/t18-/m1/s1. The summed E-state index contributed by atoms with van der Waals surface area (Å²) >= 11 is 0. The number of halogens is 7. The second kappa shape index (κ2) is 9.41. The summed E-state index contributed by atoms with van der Waals surface area (Å²) in [5, 5.41) is 18.6. The Hall–Kier alpha value is -2.86. The first kappa shape index (κ1) is 25.8. The van der Waals surface area contributed by atoms with E-state index in [1.54, 1.807) is 0 Å². The monoisotopic (exact) mass is 495 g/mol. The zero-order valence-electron chi connectivity index (χ0n) is 17.5. The molecule has 12 heteroatoms. The van der Waals surface area contributed by atoms with Crippen LogP contribution in [0.2, 0.25) is 0 Å². The fraction of sp³-hybridized carbons (Fsp3) is 0.409. The fourth-order valence-electron chi connectivity index (χ4n) is 3.68. The zero-order chi connectivity index (χ0) is 25.3. The summed E-state index contributed by atoms with van der Waals surface area (Å²) in [5.74, 6) is -1.07. The van der Waals surface area contributed by atoms with Crippen LogP contribution >= 0.6 is 0 Å². The molecule has 2 aromatic carbocycles. The van der Waals surface area contributed by atoms with Crippen LogP contribution in [0.4, 0.5) is 30.7 Å². The minimum absolute atomic E-state index is 0.148. The molecular weight excluding hydrogens is 475 g/mol. The van der Waals surface area contributed by atoms with E-state index in [1.165, 1.54) is 29.2 Å². The lowest BCUT2D eigenvalue weighted by Gasteiger charge is -2.44. The first-order valence-electron chi connectivity index (χ1n) is 9.97. The van der Waals surface area contributed by atoms with Crippen molar-refractivity contribution in [3.63, 3.8) is 0 Å². The fourth-order valence-corrected chi connectivity index (χ4v) is 3.68. The van der Waals surface area contributed by atoms with Gasteiger partial charge in [0.2, 0.25) is 0 Å². The first-order valence-corrected chi connectivity index (χ1v) is 9.97. The van der Waals surface area contributed by atoms with Gasteiger partial charge in [0.1, 0.15) is 12.4 Å². The number of aliphatic hydroxyl groups is 1. The molecule has 1 saturated heterocycles. The van der Waals surface area contributed by atoms with Crippen molar-refractivity contribution in [3.8, 4) is 5.75 Å². The van der Waals surface area contributed by atoms with E-state index in [9.17, 15) is 40.6 Å². The maximum atomic E-state index is 14.9. The van der Waals surface area contributed by atoms with Crippen molar-refractivity contribution in [3.05, 3.63) is 64.7 Å². The second-order valence-electron chi connectivity index (χ2n) is 8.14. The lowest BCUT2D eigenvalue weighted by atomic mass is 9.94. The van der Waals surface area contributed by atoms with Crippen molar-refractivity contribution in [2.24, 2.45) is 0 Å². The van der Waals surface area contributed by atoms with Gasteiger partial charge in [0.05, 0.1) is 23.7 Å². The Morgan fingerprint density at radius 1 is 1.06 bits per heavy atom. The molecule has 0 radical (unpaired) electrons. The third kappa shape index (κ3) is 6.38. The highest BCUT2D eigenvalue weighted by Gasteiger charge is 2.45. The molecule has 186 valence electrons. The van der Waals surface area contributed by atoms with Crippen LogP contribution in [0.15, 0.2) is 42.5 Å². The molecule has 1 aliphatic rings. The Bertz CT molecular complexity index is 1030. The van der Waals surface area contributed by atoms with Gasteiger partial charge in [0, 0.05) is 19.6 Å². The van der Waals surface area contributed by atoms with Crippen molar-refractivity contribution in [2.75, 3.05) is 19.7 Å². The third-order valence-electron chi connectivity index (χ3n) is 5.25. The molecule has 1 aliphatic heterocycles. The van der Waals surface area contributed by atoms with Crippen molar-refractivity contribution < 1.29 is 50.5 Å². The van der Waals surface area contributed by atoms with Gasteiger partial charge in [-0.3, -0.25) is 9.69 Å². The number of nitrogens with zero attached hydrogens (tertiary/aromatic N) is 1. The number of rotatable bonds is 8. The summed E-state index contributed by atoms with van der Waals surface area (Å²) in [6, 6.07) is 6.88. The van der Waals surface area contributed by atoms with Crippen molar-refractivity contribution in [1.29, 1.82) is 0 Å². The number of carboxylic acid groups (broad SMARTS) is 1. The minimum Gasteiger partial charge on any atom is -0.490 e. The largest absolute Gasteiger partial charge is 0.490 e. The predicted octanol–water partition coefficient (Wildman–Crippen LogP) is 4.84. The normalized spacial score (nSPS) is 17.2. The molecule has 1 heterocycles. The van der Waals surface area contributed by atoms with Crippen molar-refractivity contribution in [2.45, 2.75) is 37.1 Å². The summed E-state index contributed by atoms with van der Waals surface area (Å²) in [7, 11) is 0. The number of hydrogen-bond acceptors (Lipinski definition) is 4. The lowest BCUT2D eigenvalue weighted by Crippen LogP contribution is -2.61. The molecule has 5 nitrogen and oxygen atoms in total. The van der Waals surface area contributed by atoms with Crippen LogP contribution in [0.1, 0.15) is 34.8 Å². The zero-order valence-corrected chi connectivity index (χ0v) is 17.5. The summed E-state index contributed by atoms with van der Waals surface area (Å²) < 4.78 is 98.7. The summed E-state index contributed by atoms with van der Waals surface area (Å²) in [4.78, 5) is 12.0. The van der Waals surface area contributed by atoms with E-state index in [2.05, 4.69) is 0 Å². The predicted molar refractivity (Wildman–Crippen MR) is 105 cm³/mol. The molecule has 1 atom stereocenters. The number of benzene rings is 2. The second-order valence-corrected chi connectivity index (χ2v) is 8.14. The molecule has 0 aromatic heterocycles. The highest BCUT2D eigenvalue weighted by atomic mass is 19.4. The Morgan fingerprint density at radius 2 is 1.74 bits per heavy atom. The van der Waals surface area contributed by atoms with Gasteiger partial charge in [-0.15, -0.1) is 0 Å². The van der Waals surface area contributed by atoms with Gasteiger partial charge in [0.15, 0.2) is 5.67 Å². The minimum atomic E-state index is -4.86. The molecule has 0 aliphatic carbocycles. The molecule has 0 saturated carbocycles. The average molecular weight is 495 g/mol. The number of aliphatic carboxylic acids is 1. The Kier molecular flexibility index (Phi) is 7.13. The number of carboxylic acids is 1. The van der Waals surface area contributed by atoms with Crippen LogP contribution in [0.25, 0.3) is 0 Å². The number of alkyl halides is 7. The SMILES string of the molecule is O=C(O)C[C@@H](O)c1cccc(OCC2(F)CN(Cc3cc(C(F)(F)F)ccc3C(F)(F)F)C2)c1. The average Bonchev–Trinajstić information content (AvgIpc) is 2.69. The van der Waals surface area contributed by atoms with Gasteiger partial charge in [-0.25, -0.2) is 4.39 Å². The smallest absolute Gasteiger partial charge is 0.416 e. The molecular formula is C22H20F7NO4. The molecule has 2 aromatic rings. The van der Waals surface area contributed by atoms with Gasteiger partial charge in [-0.05, 0) is 41.5 Å². The maximum Gasteiger partial charge on any atom is 0.416 e. The van der Waals surface area contributed by atoms with Crippen LogP contribution in [0.5, 0.6) is 5.75 Å². The van der Waals surface area contributed by atoms with E-state index in [0.717, 1.165) is 0 Å². The van der Waals surface area contributed by atoms with Crippen molar-refractivity contribution >= 4 is 5.97 Å². The van der Waals surface area contributed by atoms with E-state index >= 15 is 0 Å². The van der Waals surface area contributed by atoms with E-state index in [0.29, 0.717) is 18.2 Å². The van der Waals surface area contributed by atoms with Crippen LogP contribution in [-0.2, 0) is 23.7 Å². The number of likely N-dealkylation sites (tertiary alicyclic amines) is 1. The Labute approximate surface area is 189 Å². The topological polar surface area (TPSA) is 70.0 Å². The number of aliphatic hydroxyl groups excluding tert-OH is 1. The highest BCUT2D eigenvalue weighted by Crippen LogP contribution is 2.38. The highest BCUT2D eigenvalue weighted by molar-refractivity contribution is 5.67. The molecule has 34 heavy (non-hydrogen) atoms. The third-order valence-corrected chi connectivity index (χ3v) is 5.25. The molecule has 1 fully saturated rings. The summed E-state index contributed by atoms with van der Waals surface area (Å²) in [5.41, 5.74) is -4.76. The summed E-state index contributed by atoms with van der Waals surface area (Å²) in [6.07, 6.45) is -11.5. The Balaban J connectivity index is 1.62. The summed E-state index contributed by atoms with van der Waals surface area (Å²) in [6.45, 7) is -1.73. The van der Waals surface area contributed by atoms with Gasteiger partial charge in [-0.2, -0.15) is 26.3 Å². The Morgan fingerprint density at radius 3 is 2.32 bits per heavy atom.